The number of aromatic nitrogens is 2. The summed E-state index contributed by atoms with van der Waals surface area (Å²) in [4.78, 5) is 12.5. The van der Waals surface area contributed by atoms with Gasteiger partial charge in [-0.05, 0) is 25.3 Å². The number of Topliss-reactive ketones (excluding diaryl/α,β-unsaturated/α-hetero) is 1. The van der Waals surface area contributed by atoms with Gasteiger partial charge in [-0.3, -0.25) is 9.48 Å². The van der Waals surface area contributed by atoms with Crippen LogP contribution in [0.4, 0.5) is 0 Å². The molecular formula is C13H20N2O. The van der Waals surface area contributed by atoms with Gasteiger partial charge in [-0.25, -0.2) is 0 Å². The lowest BCUT2D eigenvalue weighted by Crippen LogP contribution is -2.27. The van der Waals surface area contributed by atoms with Crippen molar-refractivity contribution in [2.24, 2.45) is 5.41 Å². The molecule has 0 unspecified atom stereocenters. The molecule has 0 aromatic carbocycles. The molecule has 1 aromatic heterocycles. The van der Waals surface area contributed by atoms with E-state index in [1.54, 1.807) is 6.20 Å². The van der Waals surface area contributed by atoms with Gasteiger partial charge in [-0.2, -0.15) is 5.10 Å². The minimum absolute atomic E-state index is 0.133. The Kier molecular flexibility index (Phi) is 3.13. The molecule has 3 nitrogen and oxygen atoms in total. The van der Waals surface area contributed by atoms with Crippen LogP contribution < -0.4 is 0 Å². The smallest absolute Gasteiger partial charge is 0.186 e. The molecule has 88 valence electrons. The lowest BCUT2D eigenvalue weighted by Gasteiger charge is -2.21. The highest BCUT2D eigenvalue weighted by atomic mass is 16.1. The van der Waals surface area contributed by atoms with Gasteiger partial charge in [-0.1, -0.05) is 26.7 Å². The normalized spacial score (nSPS) is 18.9. The molecule has 0 amide bonds. The van der Waals surface area contributed by atoms with Gasteiger partial charge in [0.15, 0.2) is 5.78 Å². The first kappa shape index (κ1) is 11.4. The van der Waals surface area contributed by atoms with Crippen molar-refractivity contribution in [3.05, 3.63) is 18.0 Å². The Morgan fingerprint density at radius 2 is 2.19 bits per heavy atom. The molecule has 1 aromatic rings. The quantitative estimate of drug-likeness (QED) is 0.731. The topological polar surface area (TPSA) is 34.9 Å². The van der Waals surface area contributed by atoms with E-state index in [9.17, 15) is 4.79 Å². The Hall–Kier alpha value is -1.12. The van der Waals surface area contributed by atoms with Gasteiger partial charge in [0.2, 0.25) is 0 Å². The monoisotopic (exact) mass is 220 g/mol. The van der Waals surface area contributed by atoms with Crippen LogP contribution in [-0.2, 0) is 6.54 Å². The van der Waals surface area contributed by atoms with Crippen LogP contribution in [-0.4, -0.2) is 15.6 Å². The van der Waals surface area contributed by atoms with E-state index >= 15 is 0 Å². The van der Waals surface area contributed by atoms with Crippen LogP contribution in [0.3, 0.4) is 0 Å². The van der Waals surface area contributed by atoms with Crippen LogP contribution >= 0.6 is 0 Å². The molecule has 1 heterocycles. The van der Waals surface area contributed by atoms with E-state index in [1.165, 1.54) is 12.8 Å². The molecule has 0 radical (unpaired) electrons. The highest BCUT2D eigenvalue weighted by Gasteiger charge is 2.37. The number of carbonyl (C=O) groups is 1. The highest BCUT2D eigenvalue weighted by Crippen LogP contribution is 2.40. The lowest BCUT2D eigenvalue weighted by atomic mass is 9.82. The molecule has 0 atom stereocenters. The third-order valence-corrected chi connectivity index (χ3v) is 3.64. The van der Waals surface area contributed by atoms with Crippen molar-refractivity contribution in [3.8, 4) is 0 Å². The average molecular weight is 220 g/mol. The van der Waals surface area contributed by atoms with Gasteiger partial charge >= 0.3 is 0 Å². The third kappa shape index (κ3) is 1.91. The Labute approximate surface area is 96.8 Å². The first-order chi connectivity index (χ1) is 7.67. The second-order valence-electron chi connectivity index (χ2n) is 5.04. The lowest BCUT2D eigenvalue weighted by molar-refractivity contribution is 0.0811. The predicted molar refractivity (Wildman–Crippen MR) is 63.4 cm³/mol. The molecule has 0 N–H and O–H groups in total. The number of nitrogens with zero attached hydrogens (tertiary/aromatic N) is 2. The molecule has 1 aliphatic carbocycles. The van der Waals surface area contributed by atoms with Crippen molar-refractivity contribution >= 4 is 5.78 Å². The molecule has 1 saturated carbocycles. The standard InChI is InChI=1S/C13H20N2O/c1-3-10-15-11(6-9-14-15)12(16)13(2)7-4-5-8-13/h6,9H,3-5,7-8,10H2,1-2H3. The van der Waals surface area contributed by atoms with Crippen LogP contribution in [0, 0.1) is 5.41 Å². The van der Waals surface area contributed by atoms with E-state index in [0.29, 0.717) is 0 Å². The summed E-state index contributed by atoms with van der Waals surface area (Å²) in [5, 5.41) is 4.23. The van der Waals surface area contributed by atoms with Crippen molar-refractivity contribution < 1.29 is 4.79 Å². The molecule has 1 fully saturated rings. The summed E-state index contributed by atoms with van der Waals surface area (Å²) in [6, 6.07) is 1.86. The van der Waals surface area contributed by atoms with Gasteiger partial charge in [0, 0.05) is 18.2 Å². The second-order valence-corrected chi connectivity index (χ2v) is 5.04. The first-order valence-electron chi connectivity index (χ1n) is 6.24. The van der Waals surface area contributed by atoms with Crippen molar-refractivity contribution in [2.45, 2.75) is 52.5 Å². The van der Waals surface area contributed by atoms with Gasteiger partial charge in [-0.15, -0.1) is 0 Å². The van der Waals surface area contributed by atoms with Crippen molar-refractivity contribution in [3.63, 3.8) is 0 Å². The van der Waals surface area contributed by atoms with Crippen LogP contribution in [0.15, 0.2) is 12.3 Å². The summed E-state index contributed by atoms with van der Waals surface area (Å²) in [5.41, 5.74) is 0.664. The van der Waals surface area contributed by atoms with Crippen molar-refractivity contribution in [1.82, 2.24) is 9.78 Å². The third-order valence-electron chi connectivity index (χ3n) is 3.64. The fourth-order valence-corrected chi connectivity index (χ4v) is 2.61. The maximum Gasteiger partial charge on any atom is 0.186 e. The number of hydrogen-bond donors (Lipinski definition) is 0. The minimum atomic E-state index is -0.133. The Balaban J connectivity index is 2.23. The average Bonchev–Trinajstić information content (AvgIpc) is 2.88. The maximum absolute atomic E-state index is 12.5. The van der Waals surface area contributed by atoms with E-state index in [2.05, 4.69) is 18.9 Å². The van der Waals surface area contributed by atoms with E-state index in [0.717, 1.165) is 31.5 Å². The number of rotatable bonds is 4. The number of carbonyl (C=O) groups excluding carboxylic acids is 1. The number of aryl methyl sites for hydroxylation is 1. The molecule has 0 aliphatic heterocycles. The number of ketones is 1. The van der Waals surface area contributed by atoms with Crippen LogP contribution in [0.5, 0.6) is 0 Å². The molecule has 0 bridgehead atoms. The molecule has 0 saturated heterocycles. The van der Waals surface area contributed by atoms with Crippen LogP contribution in [0.25, 0.3) is 0 Å². The van der Waals surface area contributed by atoms with Gasteiger partial charge in [0.25, 0.3) is 0 Å². The summed E-state index contributed by atoms with van der Waals surface area (Å²) >= 11 is 0. The summed E-state index contributed by atoms with van der Waals surface area (Å²) in [7, 11) is 0. The zero-order valence-electron chi connectivity index (χ0n) is 10.2. The van der Waals surface area contributed by atoms with E-state index in [1.807, 2.05) is 10.7 Å². The Morgan fingerprint density at radius 1 is 1.50 bits per heavy atom. The fourth-order valence-electron chi connectivity index (χ4n) is 2.61. The molecule has 3 heteroatoms. The zero-order chi connectivity index (χ0) is 11.6. The van der Waals surface area contributed by atoms with Crippen molar-refractivity contribution in [2.75, 3.05) is 0 Å². The summed E-state index contributed by atoms with van der Waals surface area (Å²) in [6.45, 7) is 5.04. The first-order valence-corrected chi connectivity index (χ1v) is 6.24. The van der Waals surface area contributed by atoms with Gasteiger partial charge in [0.05, 0.1) is 0 Å². The van der Waals surface area contributed by atoms with Crippen LogP contribution in [0.1, 0.15) is 56.4 Å². The maximum atomic E-state index is 12.5. The Bertz CT molecular complexity index is 375. The Morgan fingerprint density at radius 3 is 2.81 bits per heavy atom. The van der Waals surface area contributed by atoms with Gasteiger partial charge in [0.1, 0.15) is 5.69 Å². The summed E-state index contributed by atoms with van der Waals surface area (Å²) in [6.07, 6.45) is 7.18. The second kappa shape index (κ2) is 4.40. The molecule has 2 rings (SSSR count). The largest absolute Gasteiger partial charge is 0.292 e. The van der Waals surface area contributed by atoms with E-state index in [-0.39, 0.29) is 11.2 Å². The van der Waals surface area contributed by atoms with E-state index in [4.69, 9.17) is 0 Å². The molecule has 1 aliphatic rings. The minimum Gasteiger partial charge on any atom is -0.292 e. The summed E-state index contributed by atoms with van der Waals surface area (Å²) in [5.74, 6) is 0.288. The molecule has 16 heavy (non-hydrogen) atoms. The predicted octanol–water partition coefficient (Wildman–Crippen LogP) is 3.06. The molecule has 0 spiro atoms. The highest BCUT2D eigenvalue weighted by molar-refractivity contribution is 5.99. The van der Waals surface area contributed by atoms with Gasteiger partial charge < -0.3 is 0 Å². The molecular weight excluding hydrogens is 200 g/mol. The van der Waals surface area contributed by atoms with Crippen LogP contribution in [0.2, 0.25) is 0 Å². The van der Waals surface area contributed by atoms with Crippen molar-refractivity contribution in [1.29, 1.82) is 0 Å². The number of hydrogen-bond acceptors (Lipinski definition) is 2. The zero-order valence-corrected chi connectivity index (χ0v) is 10.2. The SMILES string of the molecule is CCCn1nccc1C(=O)C1(C)CCCC1. The van der Waals surface area contributed by atoms with E-state index < -0.39 is 0 Å². The fraction of sp³-hybridized carbons (Fsp3) is 0.692. The summed E-state index contributed by atoms with van der Waals surface area (Å²) < 4.78 is 1.85.